The molecule has 0 aliphatic rings. The topological polar surface area (TPSA) is 95.6 Å². The number of rotatable bonds is 4. The average molecular weight is 224 g/mol. The molecule has 0 aromatic heterocycles. The number of nitrogen functional groups attached to an aromatic ring is 1. The van der Waals surface area contributed by atoms with E-state index in [9.17, 15) is 9.90 Å². The summed E-state index contributed by atoms with van der Waals surface area (Å²) in [6.45, 7) is 1.00. The second kappa shape index (κ2) is 5.48. The summed E-state index contributed by atoms with van der Waals surface area (Å²) in [7, 11) is 0. The average Bonchev–Trinajstić information content (AvgIpc) is 2.25. The predicted octanol–water partition coefficient (Wildman–Crippen LogP) is -0.201. The van der Waals surface area contributed by atoms with E-state index in [1.165, 1.54) is 6.92 Å². The number of hydrogen-bond acceptors (Lipinski definition) is 4. The Morgan fingerprint density at radius 3 is 2.44 bits per heavy atom. The molecule has 1 amide bonds. The maximum atomic E-state index is 10.8. The highest BCUT2D eigenvalue weighted by Gasteiger charge is 2.20. The minimum absolute atomic E-state index is 0.298. The van der Waals surface area contributed by atoms with Crippen LogP contribution in [0, 0.1) is 0 Å². The number of aliphatic hydroxyl groups is 2. The molecule has 0 spiro atoms. The van der Waals surface area contributed by atoms with Crippen molar-refractivity contribution >= 4 is 11.6 Å². The van der Waals surface area contributed by atoms with Crippen molar-refractivity contribution < 1.29 is 15.0 Å². The van der Waals surface area contributed by atoms with E-state index in [-0.39, 0.29) is 12.5 Å². The van der Waals surface area contributed by atoms with Crippen molar-refractivity contribution in [2.24, 2.45) is 0 Å². The van der Waals surface area contributed by atoms with E-state index in [4.69, 9.17) is 10.8 Å². The van der Waals surface area contributed by atoms with Gasteiger partial charge in [0.05, 0.1) is 12.6 Å². The van der Waals surface area contributed by atoms with Crippen LogP contribution in [0.1, 0.15) is 18.6 Å². The highest BCUT2D eigenvalue weighted by Crippen LogP contribution is 2.18. The van der Waals surface area contributed by atoms with Gasteiger partial charge in [0.2, 0.25) is 5.91 Å². The van der Waals surface area contributed by atoms with Gasteiger partial charge in [-0.3, -0.25) is 4.79 Å². The molecule has 16 heavy (non-hydrogen) atoms. The Kier molecular flexibility index (Phi) is 4.28. The largest absolute Gasteiger partial charge is 0.399 e. The van der Waals surface area contributed by atoms with Gasteiger partial charge in [-0.1, -0.05) is 12.1 Å². The minimum Gasteiger partial charge on any atom is -0.399 e. The van der Waals surface area contributed by atoms with Gasteiger partial charge in [0, 0.05) is 12.6 Å². The van der Waals surface area contributed by atoms with Gasteiger partial charge in [0.15, 0.2) is 0 Å². The fraction of sp³-hybridized carbons (Fsp3) is 0.364. The van der Waals surface area contributed by atoms with E-state index < -0.39 is 12.1 Å². The number of carbonyl (C=O) groups is 1. The molecule has 5 N–H and O–H groups in total. The Bertz CT molecular complexity index is 351. The van der Waals surface area contributed by atoms with Gasteiger partial charge in [-0.2, -0.15) is 0 Å². The molecule has 5 nitrogen and oxygen atoms in total. The number of benzene rings is 1. The summed E-state index contributed by atoms with van der Waals surface area (Å²) < 4.78 is 0. The van der Waals surface area contributed by atoms with Crippen molar-refractivity contribution in [2.45, 2.75) is 19.1 Å². The van der Waals surface area contributed by atoms with Crippen LogP contribution in [0.15, 0.2) is 24.3 Å². The standard InChI is InChI=1S/C11H16N2O3/c1-7(15)13-10(6-14)11(16)8-2-4-9(12)5-3-8/h2-5,10-11,14,16H,6,12H2,1H3,(H,13,15)/t10-,11+/m0/s1. The molecule has 0 aliphatic heterocycles. The fourth-order valence-electron chi connectivity index (χ4n) is 1.41. The zero-order chi connectivity index (χ0) is 12.1. The molecule has 0 aliphatic carbocycles. The van der Waals surface area contributed by atoms with Crippen LogP contribution in [0.3, 0.4) is 0 Å². The molecule has 1 aromatic carbocycles. The zero-order valence-electron chi connectivity index (χ0n) is 9.05. The van der Waals surface area contributed by atoms with Crippen LogP contribution in [0.4, 0.5) is 5.69 Å². The summed E-state index contributed by atoms with van der Waals surface area (Å²) in [5, 5.41) is 21.4. The lowest BCUT2D eigenvalue weighted by Gasteiger charge is -2.21. The van der Waals surface area contributed by atoms with Gasteiger partial charge in [-0.05, 0) is 17.7 Å². The summed E-state index contributed by atoms with van der Waals surface area (Å²) in [6, 6.07) is 5.91. The maximum Gasteiger partial charge on any atom is 0.217 e. The van der Waals surface area contributed by atoms with Gasteiger partial charge in [-0.25, -0.2) is 0 Å². The van der Waals surface area contributed by atoms with E-state index in [1.807, 2.05) is 0 Å². The fourth-order valence-corrected chi connectivity index (χ4v) is 1.41. The molecule has 0 saturated carbocycles. The predicted molar refractivity (Wildman–Crippen MR) is 60.5 cm³/mol. The molecule has 5 heteroatoms. The second-order valence-corrected chi connectivity index (χ2v) is 3.60. The van der Waals surface area contributed by atoms with Gasteiger partial charge < -0.3 is 21.3 Å². The third-order valence-corrected chi connectivity index (χ3v) is 2.24. The monoisotopic (exact) mass is 224 g/mol. The summed E-state index contributed by atoms with van der Waals surface area (Å²) in [6.07, 6.45) is -0.950. The van der Waals surface area contributed by atoms with Crippen LogP contribution in [-0.4, -0.2) is 28.8 Å². The molecule has 0 saturated heterocycles. The first-order valence-electron chi connectivity index (χ1n) is 4.96. The second-order valence-electron chi connectivity index (χ2n) is 3.60. The quantitative estimate of drug-likeness (QED) is 0.532. The number of aliphatic hydroxyl groups excluding tert-OH is 2. The van der Waals surface area contributed by atoms with Crippen molar-refractivity contribution in [1.29, 1.82) is 0 Å². The van der Waals surface area contributed by atoms with Crippen molar-refractivity contribution in [2.75, 3.05) is 12.3 Å². The van der Waals surface area contributed by atoms with E-state index in [2.05, 4.69) is 5.32 Å². The Balaban J connectivity index is 2.78. The molecule has 2 atom stereocenters. The van der Waals surface area contributed by atoms with E-state index in [1.54, 1.807) is 24.3 Å². The highest BCUT2D eigenvalue weighted by molar-refractivity contribution is 5.73. The van der Waals surface area contributed by atoms with Crippen LogP contribution in [0.25, 0.3) is 0 Å². The molecule has 1 aromatic rings. The number of carbonyl (C=O) groups excluding carboxylic acids is 1. The number of hydrogen-bond donors (Lipinski definition) is 4. The molecule has 0 fully saturated rings. The normalized spacial score (nSPS) is 14.2. The van der Waals surface area contributed by atoms with Crippen molar-refractivity contribution in [3.05, 3.63) is 29.8 Å². The summed E-state index contributed by atoms with van der Waals surface area (Å²) in [5.74, 6) is -0.298. The third-order valence-electron chi connectivity index (χ3n) is 2.24. The molecular weight excluding hydrogens is 208 g/mol. The maximum absolute atomic E-state index is 10.8. The lowest BCUT2D eigenvalue weighted by Crippen LogP contribution is -2.40. The Morgan fingerprint density at radius 1 is 1.44 bits per heavy atom. The first-order valence-corrected chi connectivity index (χ1v) is 4.96. The lowest BCUT2D eigenvalue weighted by molar-refractivity contribution is -0.121. The van der Waals surface area contributed by atoms with Gasteiger partial charge in [-0.15, -0.1) is 0 Å². The van der Waals surface area contributed by atoms with Gasteiger partial charge in [0.1, 0.15) is 6.10 Å². The summed E-state index contributed by atoms with van der Waals surface area (Å²) in [4.78, 5) is 10.8. The zero-order valence-corrected chi connectivity index (χ0v) is 9.05. The van der Waals surface area contributed by atoms with Crippen LogP contribution < -0.4 is 11.1 Å². The molecule has 0 unspecified atom stereocenters. The summed E-state index contributed by atoms with van der Waals surface area (Å²) >= 11 is 0. The smallest absolute Gasteiger partial charge is 0.217 e. The van der Waals surface area contributed by atoms with E-state index >= 15 is 0 Å². The van der Waals surface area contributed by atoms with Gasteiger partial charge in [0.25, 0.3) is 0 Å². The molecule has 1 rings (SSSR count). The Labute approximate surface area is 93.9 Å². The molecule has 0 heterocycles. The lowest BCUT2D eigenvalue weighted by atomic mass is 10.0. The van der Waals surface area contributed by atoms with Crippen LogP contribution in [0.5, 0.6) is 0 Å². The number of amides is 1. The minimum atomic E-state index is -0.950. The first-order chi connectivity index (χ1) is 7.54. The SMILES string of the molecule is CC(=O)N[C@@H](CO)[C@H](O)c1ccc(N)cc1. The number of nitrogens with one attached hydrogen (secondary N) is 1. The van der Waals surface area contributed by atoms with E-state index in [0.29, 0.717) is 11.3 Å². The number of nitrogens with two attached hydrogens (primary N) is 1. The summed E-state index contributed by atoms with van der Waals surface area (Å²) in [5.41, 5.74) is 6.71. The molecule has 88 valence electrons. The van der Waals surface area contributed by atoms with Gasteiger partial charge >= 0.3 is 0 Å². The van der Waals surface area contributed by atoms with E-state index in [0.717, 1.165) is 0 Å². The Hall–Kier alpha value is -1.59. The van der Waals surface area contributed by atoms with Crippen LogP contribution >= 0.6 is 0 Å². The number of anilines is 1. The molecule has 0 radical (unpaired) electrons. The Morgan fingerprint density at radius 2 is 2.00 bits per heavy atom. The molecule has 0 bridgehead atoms. The molecular formula is C11H16N2O3. The highest BCUT2D eigenvalue weighted by atomic mass is 16.3. The van der Waals surface area contributed by atoms with Crippen molar-refractivity contribution in [1.82, 2.24) is 5.32 Å². The third kappa shape index (κ3) is 3.22. The van der Waals surface area contributed by atoms with Crippen LogP contribution in [0.2, 0.25) is 0 Å². The van der Waals surface area contributed by atoms with Crippen molar-refractivity contribution in [3.63, 3.8) is 0 Å². The van der Waals surface area contributed by atoms with Crippen molar-refractivity contribution in [3.8, 4) is 0 Å². The van der Waals surface area contributed by atoms with Crippen LogP contribution in [-0.2, 0) is 4.79 Å². The first kappa shape index (κ1) is 12.5.